The van der Waals surface area contributed by atoms with E-state index < -0.39 is 4.92 Å². The van der Waals surface area contributed by atoms with Gasteiger partial charge in [-0.05, 0) is 17.7 Å². The molecule has 0 aliphatic heterocycles. The number of nitrogens with zero attached hydrogens (tertiary/aromatic N) is 2. The second-order valence-corrected chi connectivity index (χ2v) is 3.85. The summed E-state index contributed by atoms with van der Waals surface area (Å²) in [4.78, 5) is 14.3. The molecule has 0 bridgehead atoms. The van der Waals surface area contributed by atoms with Crippen LogP contribution in [-0.4, -0.2) is 9.91 Å². The lowest BCUT2D eigenvalue weighted by atomic mass is 10.2. The molecule has 1 aromatic carbocycles. The molecule has 0 saturated heterocycles. The summed E-state index contributed by atoms with van der Waals surface area (Å²) < 4.78 is 0. The highest BCUT2D eigenvalue weighted by molar-refractivity contribution is 5.85. The number of non-ortho nitro benzene ring substituents is 1. The maximum atomic E-state index is 10.5. The predicted molar refractivity (Wildman–Crippen MR) is 75.1 cm³/mol. The third kappa shape index (κ3) is 4.65. The number of hydrogen-bond acceptors (Lipinski definition) is 4. The van der Waals surface area contributed by atoms with Crippen molar-refractivity contribution in [3.8, 4) is 0 Å². The smallest absolute Gasteiger partial charge is 0.269 e. The van der Waals surface area contributed by atoms with Crippen molar-refractivity contribution in [2.24, 2.45) is 0 Å². The number of aromatic nitrogens is 1. The number of pyridine rings is 1. The summed E-state index contributed by atoms with van der Waals surface area (Å²) in [6.07, 6.45) is 1.75. The van der Waals surface area contributed by atoms with Gasteiger partial charge in [-0.2, -0.15) is 0 Å². The van der Waals surface area contributed by atoms with Gasteiger partial charge < -0.3 is 5.32 Å². The Labute approximate surface area is 117 Å². The van der Waals surface area contributed by atoms with Crippen LogP contribution < -0.4 is 5.32 Å². The van der Waals surface area contributed by atoms with Crippen molar-refractivity contribution in [2.45, 2.75) is 13.1 Å². The maximum Gasteiger partial charge on any atom is 0.269 e. The average Bonchev–Trinajstić information content (AvgIpc) is 2.40. The monoisotopic (exact) mass is 279 g/mol. The molecule has 0 aliphatic carbocycles. The van der Waals surface area contributed by atoms with E-state index in [2.05, 4.69) is 10.3 Å². The van der Waals surface area contributed by atoms with Crippen molar-refractivity contribution in [1.29, 1.82) is 0 Å². The van der Waals surface area contributed by atoms with Gasteiger partial charge in [0.25, 0.3) is 5.69 Å². The Kier molecular flexibility index (Phi) is 5.92. The third-order valence-electron chi connectivity index (χ3n) is 2.51. The normalized spacial score (nSPS) is 9.68. The Morgan fingerprint density at radius 2 is 1.84 bits per heavy atom. The number of nitrogens with one attached hydrogen (secondary N) is 1. The molecule has 0 spiro atoms. The Morgan fingerprint density at radius 1 is 1.11 bits per heavy atom. The SMILES string of the molecule is Cl.O=[N+]([O-])c1ccc(CNCc2ccccn2)cc1. The molecule has 19 heavy (non-hydrogen) atoms. The molecule has 0 radical (unpaired) electrons. The zero-order valence-corrected chi connectivity index (χ0v) is 11.0. The van der Waals surface area contributed by atoms with Crippen molar-refractivity contribution in [1.82, 2.24) is 10.3 Å². The predicted octanol–water partition coefficient (Wildman–Crippen LogP) is 2.70. The molecule has 1 N–H and O–H groups in total. The second-order valence-electron chi connectivity index (χ2n) is 3.85. The first-order valence-electron chi connectivity index (χ1n) is 5.59. The van der Waals surface area contributed by atoms with Gasteiger partial charge in [0.15, 0.2) is 0 Å². The lowest BCUT2D eigenvalue weighted by molar-refractivity contribution is -0.384. The van der Waals surface area contributed by atoms with Gasteiger partial charge in [0.2, 0.25) is 0 Å². The van der Waals surface area contributed by atoms with Gasteiger partial charge in [0, 0.05) is 31.4 Å². The summed E-state index contributed by atoms with van der Waals surface area (Å²) in [5.41, 5.74) is 2.10. The standard InChI is InChI=1S/C13H13N3O2.ClH/c17-16(18)13-6-4-11(5-7-13)9-14-10-12-3-1-2-8-15-12;/h1-8,14H,9-10H2;1H. The molecule has 2 aromatic rings. The highest BCUT2D eigenvalue weighted by atomic mass is 35.5. The second kappa shape index (κ2) is 7.45. The summed E-state index contributed by atoms with van der Waals surface area (Å²) in [5, 5.41) is 13.7. The van der Waals surface area contributed by atoms with Gasteiger partial charge in [0.05, 0.1) is 10.6 Å². The molecule has 0 aliphatic rings. The molecule has 1 aromatic heterocycles. The molecule has 100 valence electrons. The molecule has 1 heterocycles. The number of benzene rings is 1. The van der Waals surface area contributed by atoms with Crippen LogP contribution >= 0.6 is 12.4 Å². The van der Waals surface area contributed by atoms with Crippen LogP contribution in [0.1, 0.15) is 11.3 Å². The van der Waals surface area contributed by atoms with Crippen LogP contribution in [0, 0.1) is 10.1 Å². The van der Waals surface area contributed by atoms with Gasteiger partial charge in [-0.1, -0.05) is 18.2 Å². The van der Waals surface area contributed by atoms with E-state index in [9.17, 15) is 10.1 Å². The molecule has 0 fully saturated rings. The van der Waals surface area contributed by atoms with Gasteiger partial charge in [-0.15, -0.1) is 12.4 Å². The fourth-order valence-corrected chi connectivity index (χ4v) is 1.57. The number of hydrogen-bond donors (Lipinski definition) is 1. The van der Waals surface area contributed by atoms with Crippen molar-refractivity contribution in [3.63, 3.8) is 0 Å². The van der Waals surface area contributed by atoms with E-state index in [1.165, 1.54) is 12.1 Å². The first kappa shape index (κ1) is 15.1. The van der Waals surface area contributed by atoms with E-state index in [0.717, 1.165) is 11.3 Å². The van der Waals surface area contributed by atoms with Crippen molar-refractivity contribution < 1.29 is 4.92 Å². The number of nitro benzene ring substituents is 1. The molecule has 0 amide bonds. The average molecular weight is 280 g/mol. The Bertz CT molecular complexity index is 517. The van der Waals surface area contributed by atoms with Gasteiger partial charge in [-0.25, -0.2) is 0 Å². The molecule has 0 unspecified atom stereocenters. The lowest BCUT2D eigenvalue weighted by Crippen LogP contribution is -2.13. The summed E-state index contributed by atoms with van der Waals surface area (Å²) >= 11 is 0. The quantitative estimate of drug-likeness (QED) is 0.675. The molecule has 2 rings (SSSR count). The van der Waals surface area contributed by atoms with Crippen LogP contribution in [-0.2, 0) is 13.1 Å². The number of halogens is 1. The minimum Gasteiger partial charge on any atom is -0.307 e. The first-order chi connectivity index (χ1) is 8.75. The molecular formula is C13H14ClN3O2. The zero-order valence-electron chi connectivity index (χ0n) is 10.2. The molecular weight excluding hydrogens is 266 g/mol. The van der Waals surface area contributed by atoms with E-state index in [1.807, 2.05) is 18.2 Å². The third-order valence-corrected chi connectivity index (χ3v) is 2.51. The van der Waals surface area contributed by atoms with Crippen molar-refractivity contribution in [2.75, 3.05) is 0 Å². The van der Waals surface area contributed by atoms with E-state index >= 15 is 0 Å². The highest BCUT2D eigenvalue weighted by Crippen LogP contribution is 2.11. The summed E-state index contributed by atoms with van der Waals surface area (Å²) in [6, 6.07) is 12.3. The minimum absolute atomic E-state index is 0. The van der Waals surface area contributed by atoms with Gasteiger partial charge in [0.1, 0.15) is 0 Å². The van der Waals surface area contributed by atoms with Crippen molar-refractivity contribution >= 4 is 18.1 Å². The number of rotatable bonds is 5. The largest absolute Gasteiger partial charge is 0.307 e. The topological polar surface area (TPSA) is 68.1 Å². The van der Waals surface area contributed by atoms with Crippen LogP contribution in [0.15, 0.2) is 48.7 Å². The van der Waals surface area contributed by atoms with E-state index in [4.69, 9.17) is 0 Å². The van der Waals surface area contributed by atoms with E-state index in [-0.39, 0.29) is 18.1 Å². The molecule has 0 atom stereocenters. The zero-order chi connectivity index (χ0) is 12.8. The number of nitro groups is 1. The lowest BCUT2D eigenvalue weighted by Gasteiger charge is -2.04. The highest BCUT2D eigenvalue weighted by Gasteiger charge is 2.03. The summed E-state index contributed by atoms with van der Waals surface area (Å²) in [7, 11) is 0. The fraction of sp³-hybridized carbons (Fsp3) is 0.154. The molecule has 6 heteroatoms. The van der Waals surface area contributed by atoms with Crippen LogP contribution in [0.3, 0.4) is 0 Å². The summed E-state index contributed by atoms with van der Waals surface area (Å²) in [5.74, 6) is 0. The molecule has 5 nitrogen and oxygen atoms in total. The van der Waals surface area contributed by atoms with Crippen LogP contribution in [0.2, 0.25) is 0 Å². The van der Waals surface area contributed by atoms with Crippen LogP contribution in [0.5, 0.6) is 0 Å². The van der Waals surface area contributed by atoms with Gasteiger partial charge in [-0.3, -0.25) is 15.1 Å². The van der Waals surface area contributed by atoms with E-state index in [1.54, 1.807) is 18.3 Å². The van der Waals surface area contributed by atoms with Crippen molar-refractivity contribution in [3.05, 3.63) is 70.0 Å². The first-order valence-corrected chi connectivity index (χ1v) is 5.59. The Balaban J connectivity index is 0.00000180. The van der Waals surface area contributed by atoms with Crippen LogP contribution in [0.25, 0.3) is 0 Å². The fourth-order valence-electron chi connectivity index (χ4n) is 1.57. The summed E-state index contributed by atoms with van der Waals surface area (Å²) in [6.45, 7) is 1.34. The maximum absolute atomic E-state index is 10.5. The van der Waals surface area contributed by atoms with E-state index in [0.29, 0.717) is 13.1 Å². The van der Waals surface area contributed by atoms with Crippen LogP contribution in [0.4, 0.5) is 5.69 Å². The van der Waals surface area contributed by atoms with Gasteiger partial charge >= 0.3 is 0 Å². The minimum atomic E-state index is -0.398. The Hall–Kier alpha value is -1.98. The molecule has 0 saturated carbocycles. The Morgan fingerprint density at radius 3 is 2.42 bits per heavy atom.